The van der Waals surface area contributed by atoms with E-state index in [1.807, 2.05) is 32.0 Å². The first-order valence-corrected chi connectivity index (χ1v) is 12.0. The fourth-order valence-electron chi connectivity index (χ4n) is 5.85. The van der Waals surface area contributed by atoms with E-state index < -0.39 is 24.2 Å². The van der Waals surface area contributed by atoms with Crippen LogP contribution in [0.1, 0.15) is 63.9 Å². The Balaban J connectivity index is 1.82. The molecule has 2 amide bonds. The lowest BCUT2D eigenvalue weighted by Gasteiger charge is -2.50. The summed E-state index contributed by atoms with van der Waals surface area (Å²) >= 11 is 0. The lowest BCUT2D eigenvalue weighted by molar-refractivity contribution is -0.168. The van der Waals surface area contributed by atoms with E-state index in [0.717, 1.165) is 39.9 Å². The molecule has 3 aliphatic heterocycles. The van der Waals surface area contributed by atoms with Gasteiger partial charge in [-0.15, -0.1) is 0 Å². The zero-order valence-electron chi connectivity index (χ0n) is 20.5. The molecular formula is C27H33N3O4. The van der Waals surface area contributed by atoms with Crippen molar-refractivity contribution in [3.05, 3.63) is 52.8 Å². The van der Waals surface area contributed by atoms with E-state index in [-0.39, 0.29) is 11.8 Å². The van der Waals surface area contributed by atoms with Crippen molar-refractivity contribution in [1.82, 2.24) is 14.4 Å². The Bertz CT molecular complexity index is 1230. The number of ether oxygens (including phenoxy) is 1. The van der Waals surface area contributed by atoms with Crippen molar-refractivity contribution in [2.24, 2.45) is 0 Å². The van der Waals surface area contributed by atoms with Crippen LogP contribution in [0.3, 0.4) is 0 Å². The smallest absolute Gasteiger partial charge is 0.249 e. The molecule has 0 aliphatic carbocycles. The van der Waals surface area contributed by atoms with Crippen molar-refractivity contribution in [2.45, 2.75) is 71.3 Å². The average molecular weight is 464 g/mol. The third-order valence-electron chi connectivity index (χ3n) is 7.33. The number of nitrogens with zero attached hydrogens (tertiary/aromatic N) is 3. The number of rotatable bonds is 4. The molecule has 0 radical (unpaired) electrons. The van der Waals surface area contributed by atoms with Gasteiger partial charge in [0.1, 0.15) is 23.9 Å². The maximum absolute atomic E-state index is 13.8. The number of carbonyl (C=O) groups is 2. The monoisotopic (exact) mass is 463 g/mol. The van der Waals surface area contributed by atoms with Crippen molar-refractivity contribution in [3.63, 3.8) is 0 Å². The molecule has 4 atom stereocenters. The second kappa shape index (κ2) is 8.31. The highest BCUT2D eigenvalue weighted by Crippen LogP contribution is 2.49. The maximum atomic E-state index is 13.8. The molecular weight excluding hydrogens is 430 g/mol. The van der Waals surface area contributed by atoms with Crippen LogP contribution in [0.4, 0.5) is 0 Å². The van der Waals surface area contributed by atoms with Crippen molar-refractivity contribution >= 4 is 22.7 Å². The number of aliphatic hydroxyl groups excluding tert-OH is 1. The van der Waals surface area contributed by atoms with Gasteiger partial charge in [-0.2, -0.15) is 0 Å². The highest BCUT2D eigenvalue weighted by molar-refractivity contribution is 6.00. The number of hydrogen-bond acceptors (Lipinski definition) is 4. The molecule has 4 heterocycles. The molecule has 1 aromatic carbocycles. The Morgan fingerprint density at radius 1 is 1.15 bits per heavy atom. The van der Waals surface area contributed by atoms with E-state index in [1.165, 1.54) is 5.57 Å². The molecule has 1 N–H and O–H groups in total. The van der Waals surface area contributed by atoms with Gasteiger partial charge in [-0.25, -0.2) is 0 Å². The molecule has 0 bridgehead atoms. The summed E-state index contributed by atoms with van der Waals surface area (Å²) in [6, 6.07) is 4.03. The SMILES string of the molecule is COc1ccc2c3c(n(CC=C(C)C)c2c1)[C@H](C=C(C)C)N1C(=O)[C@@H]2CCCN2C(=O)[C@H]1[C@H]3O. The topological polar surface area (TPSA) is 75.0 Å². The van der Waals surface area contributed by atoms with Gasteiger partial charge in [0.05, 0.1) is 24.4 Å². The van der Waals surface area contributed by atoms with Gasteiger partial charge in [-0.3, -0.25) is 9.59 Å². The number of hydrogen-bond donors (Lipinski definition) is 1. The molecule has 0 unspecified atom stereocenters. The summed E-state index contributed by atoms with van der Waals surface area (Å²) in [6.45, 7) is 9.29. The molecule has 1 aromatic heterocycles. The fraction of sp³-hybridized carbons (Fsp3) is 0.481. The standard InChI is InChI=1S/C27H33N3O4/c1-15(2)10-12-28-20-14-17(34-5)8-9-18(20)22-23(28)21(13-16(3)4)30-24(25(22)31)27(33)29-11-6-7-19(29)26(30)32/h8-10,13-14,19,21,24-25,31H,6-7,11-12H2,1-5H3/t19-,21-,24+,25-/m0/s1. The van der Waals surface area contributed by atoms with Gasteiger partial charge >= 0.3 is 0 Å². The molecule has 0 saturated carbocycles. The van der Waals surface area contributed by atoms with Crippen LogP contribution in [0.25, 0.3) is 10.9 Å². The van der Waals surface area contributed by atoms with E-state index >= 15 is 0 Å². The number of allylic oxidation sites excluding steroid dienone is 3. The Labute approximate surface area is 200 Å². The van der Waals surface area contributed by atoms with Crippen LogP contribution in [-0.2, 0) is 16.1 Å². The van der Waals surface area contributed by atoms with E-state index in [2.05, 4.69) is 30.6 Å². The number of aliphatic hydroxyl groups is 1. The minimum atomic E-state index is -1.10. The first-order chi connectivity index (χ1) is 16.2. The first-order valence-electron chi connectivity index (χ1n) is 12.0. The summed E-state index contributed by atoms with van der Waals surface area (Å²) in [5.74, 6) is 0.511. The van der Waals surface area contributed by atoms with Crippen LogP contribution in [0, 0.1) is 0 Å². The molecule has 7 heteroatoms. The molecule has 2 saturated heterocycles. The van der Waals surface area contributed by atoms with Crippen LogP contribution in [0.2, 0.25) is 0 Å². The molecule has 2 fully saturated rings. The van der Waals surface area contributed by atoms with Gasteiger partial charge < -0.3 is 24.2 Å². The van der Waals surface area contributed by atoms with Gasteiger partial charge in [0.15, 0.2) is 0 Å². The third-order valence-corrected chi connectivity index (χ3v) is 7.33. The van der Waals surface area contributed by atoms with Crippen LogP contribution in [0.5, 0.6) is 5.75 Å². The maximum Gasteiger partial charge on any atom is 0.249 e. The molecule has 34 heavy (non-hydrogen) atoms. The summed E-state index contributed by atoms with van der Waals surface area (Å²) in [7, 11) is 1.64. The van der Waals surface area contributed by atoms with Crippen molar-refractivity contribution in [3.8, 4) is 5.75 Å². The van der Waals surface area contributed by atoms with Crippen LogP contribution in [0.15, 0.2) is 41.5 Å². The minimum absolute atomic E-state index is 0.0640. The van der Waals surface area contributed by atoms with Crippen LogP contribution < -0.4 is 4.74 Å². The van der Waals surface area contributed by atoms with E-state index in [0.29, 0.717) is 19.5 Å². The summed E-state index contributed by atoms with van der Waals surface area (Å²) in [6.07, 6.45) is 4.59. The molecule has 0 spiro atoms. The fourth-order valence-corrected chi connectivity index (χ4v) is 5.85. The molecule has 3 aliphatic rings. The van der Waals surface area contributed by atoms with Gasteiger partial charge in [0.2, 0.25) is 11.8 Å². The van der Waals surface area contributed by atoms with Crippen LogP contribution >= 0.6 is 0 Å². The van der Waals surface area contributed by atoms with Gasteiger partial charge in [-0.05, 0) is 52.7 Å². The second-order valence-corrected chi connectivity index (χ2v) is 10.1. The van der Waals surface area contributed by atoms with Gasteiger partial charge in [0.25, 0.3) is 0 Å². The predicted octanol–water partition coefficient (Wildman–Crippen LogP) is 3.87. The second-order valence-electron chi connectivity index (χ2n) is 10.1. The zero-order chi connectivity index (χ0) is 24.3. The highest BCUT2D eigenvalue weighted by Gasteiger charge is 2.56. The Hall–Kier alpha value is -3.06. The predicted molar refractivity (Wildman–Crippen MR) is 130 cm³/mol. The number of methoxy groups -OCH3 is 1. The molecule has 7 nitrogen and oxygen atoms in total. The zero-order valence-corrected chi connectivity index (χ0v) is 20.5. The number of fused-ring (bicyclic) bond motifs is 5. The van der Waals surface area contributed by atoms with Crippen molar-refractivity contribution < 1.29 is 19.4 Å². The minimum Gasteiger partial charge on any atom is -0.497 e. The summed E-state index contributed by atoms with van der Waals surface area (Å²) < 4.78 is 7.67. The summed E-state index contributed by atoms with van der Waals surface area (Å²) in [4.78, 5) is 30.7. The number of aromatic nitrogens is 1. The van der Waals surface area contributed by atoms with Crippen molar-refractivity contribution in [2.75, 3.05) is 13.7 Å². The van der Waals surface area contributed by atoms with E-state index in [9.17, 15) is 14.7 Å². The third kappa shape index (κ3) is 3.28. The lowest BCUT2D eigenvalue weighted by Crippen LogP contribution is -2.66. The van der Waals surface area contributed by atoms with E-state index in [1.54, 1.807) is 16.9 Å². The average Bonchev–Trinajstić information content (AvgIpc) is 3.40. The first kappa shape index (κ1) is 22.7. The van der Waals surface area contributed by atoms with Gasteiger partial charge in [0, 0.05) is 30.1 Å². The van der Waals surface area contributed by atoms with Gasteiger partial charge in [-0.1, -0.05) is 23.3 Å². The molecule has 5 rings (SSSR count). The molecule has 2 aromatic rings. The quantitative estimate of drug-likeness (QED) is 0.699. The van der Waals surface area contributed by atoms with E-state index in [4.69, 9.17) is 4.74 Å². The number of amides is 2. The Kier molecular flexibility index (Phi) is 5.55. The summed E-state index contributed by atoms with van der Waals surface area (Å²) in [5.41, 5.74) is 4.77. The largest absolute Gasteiger partial charge is 0.497 e. The highest BCUT2D eigenvalue weighted by atomic mass is 16.5. The normalized spacial score (nSPS) is 25.7. The van der Waals surface area contributed by atoms with Crippen LogP contribution in [-0.4, -0.2) is 57.0 Å². The number of piperazine rings is 1. The van der Waals surface area contributed by atoms with Crippen molar-refractivity contribution in [1.29, 1.82) is 0 Å². The molecule has 180 valence electrons. The summed E-state index contributed by atoms with van der Waals surface area (Å²) in [5, 5.41) is 12.6. The Morgan fingerprint density at radius 2 is 1.91 bits per heavy atom. The number of carbonyl (C=O) groups excluding carboxylic acids is 2. The Morgan fingerprint density at radius 3 is 2.59 bits per heavy atom. The lowest BCUT2D eigenvalue weighted by atomic mass is 9.85. The number of benzene rings is 1.